The molecule has 1 aliphatic heterocycles. The summed E-state index contributed by atoms with van der Waals surface area (Å²) in [6, 6.07) is 11.2. The molecule has 1 aliphatic carbocycles. The van der Waals surface area contributed by atoms with Gasteiger partial charge in [0.25, 0.3) is 0 Å². The number of aromatic nitrogens is 5. The Balaban J connectivity index is 1.46. The fourth-order valence-electron chi connectivity index (χ4n) is 5.30. The predicted molar refractivity (Wildman–Crippen MR) is 133 cm³/mol. The summed E-state index contributed by atoms with van der Waals surface area (Å²) in [6.07, 6.45) is 7.18. The minimum Gasteiger partial charge on any atom is -0.291 e. The van der Waals surface area contributed by atoms with Crippen LogP contribution in [0.5, 0.6) is 0 Å². The van der Waals surface area contributed by atoms with Crippen molar-refractivity contribution in [3.05, 3.63) is 95.1 Å². The number of halogens is 1. The van der Waals surface area contributed by atoms with Crippen LogP contribution in [0.25, 0.3) is 11.8 Å². The van der Waals surface area contributed by atoms with Crippen molar-refractivity contribution in [3.63, 3.8) is 0 Å². The third-order valence-corrected chi connectivity index (χ3v) is 9.15. The SMILES string of the molecule is Cc1n[nH]cc1S(=O)(=O)N1CCC2=Cc3c(cnn3-c3ccc(F)cc3)C[C@]2(C(=O)c2ccccn2)C1. The molecule has 1 atom stereocenters. The Hall–Kier alpha value is -3.96. The van der Waals surface area contributed by atoms with Crippen LogP contribution in [0.1, 0.15) is 33.9 Å². The van der Waals surface area contributed by atoms with Gasteiger partial charge in [-0.25, -0.2) is 17.5 Å². The number of carbonyl (C=O) groups is 1. The van der Waals surface area contributed by atoms with Gasteiger partial charge >= 0.3 is 0 Å². The molecule has 0 unspecified atom stereocenters. The molecule has 0 amide bonds. The summed E-state index contributed by atoms with van der Waals surface area (Å²) in [5.41, 5.74) is 2.64. The van der Waals surface area contributed by atoms with Crippen molar-refractivity contribution < 1.29 is 17.6 Å². The lowest BCUT2D eigenvalue weighted by molar-refractivity contribution is 0.0770. The zero-order valence-corrected chi connectivity index (χ0v) is 20.7. The number of Topliss-reactive ketones (excluding diaryl/α,β-unsaturated/α-hetero) is 1. The van der Waals surface area contributed by atoms with Gasteiger partial charge in [-0.3, -0.25) is 14.9 Å². The molecule has 0 spiro atoms. The molecule has 0 saturated carbocycles. The van der Waals surface area contributed by atoms with E-state index in [1.807, 2.05) is 6.08 Å². The van der Waals surface area contributed by atoms with Crippen molar-refractivity contribution in [1.29, 1.82) is 0 Å². The van der Waals surface area contributed by atoms with Crippen molar-refractivity contribution in [3.8, 4) is 5.69 Å². The van der Waals surface area contributed by atoms with Gasteiger partial charge in [0, 0.05) is 25.5 Å². The number of hydrogen-bond acceptors (Lipinski definition) is 6. The van der Waals surface area contributed by atoms with Crippen molar-refractivity contribution >= 4 is 21.9 Å². The summed E-state index contributed by atoms with van der Waals surface area (Å²) in [6.45, 7) is 1.82. The number of nitrogens with one attached hydrogen (secondary N) is 1. The molecule has 37 heavy (non-hydrogen) atoms. The summed E-state index contributed by atoms with van der Waals surface area (Å²) in [7, 11) is -3.89. The number of nitrogens with zero attached hydrogens (tertiary/aromatic N) is 5. The second-order valence-corrected chi connectivity index (χ2v) is 11.2. The molecule has 11 heteroatoms. The molecular formula is C26H23FN6O3S. The van der Waals surface area contributed by atoms with E-state index in [0.29, 0.717) is 17.8 Å². The second-order valence-electron chi connectivity index (χ2n) is 9.34. The first-order valence-electron chi connectivity index (χ1n) is 11.8. The number of pyridine rings is 1. The number of benzene rings is 1. The molecule has 0 bridgehead atoms. The molecule has 9 nitrogen and oxygen atoms in total. The molecule has 0 radical (unpaired) electrons. The minimum absolute atomic E-state index is 0.0254. The third kappa shape index (κ3) is 3.73. The quantitative estimate of drug-likeness (QED) is 0.406. The largest absolute Gasteiger partial charge is 0.291 e. The number of ketones is 1. The van der Waals surface area contributed by atoms with Gasteiger partial charge in [0.05, 0.1) is 28.7 Å². The maximum atomic E-state index is 14.1. The highest BCUT2D eigenvalue weighted by Crippen LogP contribution is 2.47. The molecule has 4 heterocycles. The van der Waals surface area contributed by atoms with Crippen LogP contribution in [0.15, 0.2) is 71.5 Å². The number of piperidine rings is 1. The Kier molecular flexibility index (Phi) is 5.42. The lowest BCUT2D eigenvalue weighted by atomic mass is 9.65. The van der Waals surface area contributed by atoms with E-state index in [0.717, 1.165) is 16.8 Å². The van der Waals surface area contributed by atoms with Crippen LogP contribution in [0.4, 0.5) is 4.39 Å². The lowest BCUT2D eigenvalue weighted by Gasteiger charge is -2.44. The molecule has 1 aromatic carbocycles. The normalized spacial score (nSPS) is 19.7. The molecule has 1 fully saturated rings. The lowest BCUT2D eigenvalue weighted by Crippen LogP contribution is -2.53. The monoisotopic (exact) mass is 518 g/mol. The van der Waals surface area contributed by atoms with Crippen LogP contribution in [-0.4, -0.2) is 56.6 Å². The molecule has 1 saturated heterocycles. The van der Waals surface area contributed by atoms with Crippen LogP contribution in [0.3, 0.4) is 0 Å². The van der Waals surface area contributed by atoms with E-state index in [1.165, 1.54) is 22.6 Å². The Morgan fingerprint density at radius 2 is 1.97 bits per heavy atom. The van der Waals surface area contributed by atoms with Gasteiger partial charge in [-0.05, 0) is 67.8 Å². The number of aryl methyl sites for hydroxylation is 1. The summed E-state index contributed by atoms with van der Waals surface area (Å²) in [4.78, 5) is 18.5. The Labute approximate surface area is 212 Å². The van der Waals surface area contributed by atoms with E-state index in [2.05, 4.69) is 20.3 Å². The number of hydrogen-bond donors (Lipinski definition) is 1. The average molecular weight is 519 g/mol. The van der Waals surface area contributed by atoms with Gasteiger partial charge < -0.3 is 0 Å². The number of fused-ring (bicyclic) bond motifs is 2. The van der Waals surface area contributed by atoms with Crippen molar-refractivity contribution in [2.75, 3.05) is 13.1 Å². The van der Waals surface area contributed by atoms with Crippen LogP contribution in [-0.2, 0) is 16.4 Å². The molecule has 1 N–H and O–H groups in total. The highest BCUT2D eigenvalue weighted by molar-refractivity contribution is 7.89. The Morgan fingerprint density at radius 3 is 2.68 bits per heavy atom. The summed E-state index contributed by atoms with van der Waals surface area (Å²) >= 11 is 0. The molecular weight excluding hydrogens is 495 g/mol. The summed E-state index contributed by atoms with van der Waals surface area (Å²) < 4.78 is 43.8. The maximum Gasteiger partial charge on any atom is 0.246 e. The fraction of sp³-hybridized carbons (Fsp3) is 0.231. The average Bonchev–Trinajstić information content (AvgIpc) is 3.53. The van der Waals surface area contributed by atoms with Crippen LogP contribution in [0, 0.1) is 18.2 Å². The topological polar surface area (TPSA) is 114 Å². The van der Waals surface area contributed by atoms with Gasteiger partial charge in [0.1, 0.15) is 16.4 Å². The zero-order chi connectivity index (χ0) is 25.8. The van der Waals surface area contributed by atoms with Gasteiger partial charge in [0.2, 0.25) is 10.0 Å². The van der Waals surface area contributed by atoms with E-state index in [1.54, 1.807) is 54.3 Å². The molecule has 3 aromatic heterocycles. The highest BCUT2D eigenvalue weighted by atomic mass is 32.2. The highest BCUT2D eigenvalue weighted by Gasteiger charge is 2.51. The maximum absolute atomic E-state index is 14.1. The van der Waals surface area contributed by atoms with Gasteiger partial charge in [-0.15, -0.1) is 0 Å². The van der Waals surface area contributed by atoms with E-state index in [9.17, 15) is 17.6 Å². The molecule has 4 aromatic rings. The Morgan fingerprint density at radius 1 is 1.16 bits per heavy atom. The van der Waals surface area contributed by atoms with Gasteiger partial charge in [-0.2, -0.15) is 14.5 Å². The predicted octanol–water partition coefficient (Wildman–Crippen LogP) is 3.34. The molecule has 6 rings (SSSR count). The molecule has 188 valence electrons. The standard InChI is InChI=1S/C26H23FN6O3S/c1-17-24(15-29-31-17)37(35,36)32-11-9-19-12-23-18(14-30-33(23)21-7-5-20(27)6-8-21)13-26(19,16-32)25(34)22-4-2-3-10-28-22/h2-8,10,12,14-15H,9,11,13,16H2,1H3,(H,29,31)/t26-/m0/s1. The fourth-order valence-corrected chi connectivity index (χ4v) is 6.92. The van der Waals surface area contributed by atoms with Gasteiger partial charge in [0.15, 0.2) is 5.78 Å². The first-order valence-corrected chi connectivity index (χ1v) is 13.2. The van der Waals surface area contributed by atoms with E-state index >= 15 is 0 Å². The minimum atomic E-state index is -3.89. The van der Waals surface area contributed by atoms with Crippen LogP contribution in [0.2, 0.25) is 0 Å². The van der Waals surface area contributed by atoms with E-state index < -0.39 is 15.4 Å². The first-order chi connectivity index (χ1) is 17.8. The third-order valence-electron chi connectivity index (χ3n) is 7.19. The molecule has 2 aliphatic rings. The Bertz CT molecular complexity index is 1640. The number of sulfonamides is 1. The summed E-state index contributed by atoms with van der Waals surface area (Å²) in [5.74, 6) is -0.576. The summed E-state index contributed by atoms with van der Waals surface area (Å²) in [5, 5.41) is 11.1. The second kappa shape index (κ2) is 8.56. The van der Waals surface area contributed by atoms with Crippen molar-refractivity contribution in [2.24, 2.45) is 5.41 Å². The number of carbonyl (C=O) groups excluding carboxylic acids is 1. The van der Waals surface area contributed by atoms with Crippen molar-refractivity contribution in [1.82, 2.24) is 29.3 Å². The smallest absolute Gasteiger partial charge is 0.246 e. The van der Waals surface area contributed by atoms with Crippen LogP contribution < -0.4 is 0 Å². The van der Waals surface area contributed by atoms with E-state index in [4.69, 9.17) is 0 Å². The zero-order valence-electron chi connectivity index (χ0n) is 19.9. The number of aromatic amines is 1. The number of rotatable bonds is 5. The first kappa shape index (κ1) is 23.4. The number of H-pyrrole nitrogens is 1. The van der Waals surface area contributed by atoms with E-state index in [-0.39, 0.29) is 41.7 Å². The van der Waals surface area contributed by atoms with Crippen molar-refractivity contribution in [2.45, 2.75) is 24.7 Å². The van der Waals surface area contributed by atoms with Gasteiger partial charge in [-0.1, -0.05) is 11.6 Å². The van der Waals surface area contributed by atoms with Crippen LogP contribution >= 0.6 is 0 Å².